The topological polar surface area (TPSA) is 36.4 Å². The molecule has 0 saturated carbocycles. The Morgan fingerprint density at radius 2 is 1.83 bits per heavy atom. The normalized spacial score (nSPS) is 15.4. The zero-order chi connectivity index (χ0) is 17.1. The summed E-state index contributed by atoms with van der Waals surface area (Å²) in [4.78, 5) is 21.0. The average Bonchev–Trinajstić information content (AvgIpc) is 2.62. The molecule has 0 aliphatic carbocycles. The lowest BCUT2D eigenvalue weighted by Gasteiger charge is -2.38. The molecule has 0 radical (unpaired) electrons. The maximum Gasteiger partial charge on any atom is 0.255 e. The Balaban J connectivity index is 1.60. The minimum absolute atomic E-state index is 0.0486. The third kappa shape index (κ3) is 3.70. The molecule has 1 saturated heterocycles. The summed E-state index contributed by atoms with van der Waals surface area (Å²) in [5.41, 5.74) is 2.77. The van der Waals surface area contributed by atoms with Gasteiger partial charge in [-0.1, -0.05) is 11.6 Å². The van der Waals surface area contributed by atoms with Crippen LogP contribution in [0.15, 0.2) is 42.6 Å². The van der Waals surface area contributed by atoms with E-state index in [-0.39, 0.29) is 11.9 Å². The summed E-state index contributed by atoms with van der Waals surface area (Å²) in [7, 11) is 1.89. The molecule has 0 atom stereocenters. The van der Waals surface area contributed by atoms with Gasteiger partial charge in [0.25, 0.3) is 5.91 Å². The molecule has 4 nitrogen and oxygen atoms in total. The predicted molar refractivity (Wildman–Crippen MR) is 97.8 cm³/mol. The van der Waals surface area contributed by atoms with E-state index in [0.29, 0.717) is 5.56 Å². The Morgan fingerprint density at radius 1 is 1.17 bits per heavy atom. The van der Waals surface area contributed by atoms with Crippen molar-refractivity contribution in [1.29, 1.82) is 0 Å². The SMILES string of the molecule is Cc1ccc(C(=O)N(C)C2CCN(c3ccc(Cl)cc3)CC2)cn1. The van der Waals surface area contributed by atoms with Gasteiger partial charge in [0.15, 0.2) is 0 Å². The maximum absolute atomic E-state index is 12.6. The Kier molecular flexibility index (Phi) is 5.05. The maximum atomic E-state index is 12.6. The second kappa shape index (κ2) is 7.22. The van der Waals surface area contributed by atoms with Crippen LogP contribution in [0.3, 0.4) is 0 Å². The molecule has 0 unspecified atom stereocenters. The summed E-state index contributed by atoms with van der Waals surface area (Å²) in [5.74, 6) is 0.0486. The van der Waals surface area contributed by atoms with Crippen molar-refractivity contribution >= 4 is 23.2 Å². The standard InChI is InChI=1S/C19H22ClN3O/c1-14-3-4-15(13-21-14)19(24)22(2)17-9-11-23(12-10-17)18-7-5-16(20)6-8-18/h3-8,13,17H,9-12H2,1-2H3. The van der Waals surface area contributed by atoms with Gasteiger partial charge < -0.3 is 9.80 Å². The van der Waals surface area contributed by atoms with Crippen LogP contribution in [0, 0.1) is 6.92 Å². The van der Waals surface area contributed by atoms with Crippen LogP contribution in [0.5, 0.6) is 0 Å². The number of rotatable bonds is 3. The number of aryl methyl sites for hydroxylation is 1. The lowest BCUT2D eigenvalue weighted by atomic mass is 10.0. The molecule has 1 aliphatic heterocycles. The van der Waals surface area contributed by atoms with Crippen LogP contribution in [0.25, 0.3) is 0 Å². The summed E-state index contributed by atoms with van der Waals surface area (Å²) < 4.78 is 0. The first-order valence-corrected chi connectivity index (χ1v) is 8.63. The van der Waals surface area contributed by atoms with Crippen molar-refractivity contribution in [3.8, 4) is 0 Å². The second-order valence-corrected chi connectivity index (χ2v) is 6.74. The molecule has 0 spiro atoms. The number of carbonyl (C=O) groups is 1. The molecule has 2 aromatic rings. The molecule has 2 heterocycles. The molecule has 0 N–H and O–H groups in total. The number of nitrogens with zero attached hydrogens (tertiary/aromatic N) is 3. The number of aromatic nitrogens is 1. The van der Waals surface area contributed by atoms with E-state index in [0.717, 1.165) is 36.6 Å². The number of benzene rings is 1. The third-order valence-corrected chi connectivity index (χ3v) is 4.93. The van der Waals surface area contributed by atoms with Gasteiger partial charge in [-0.2, -0.15) is 0 Å². The highest BCUT2D eigenvalue weighted by atomic mass is 35.5. The van der Waals surface area contributed by atoms with Crippen molar-refractivity contribution in [1.82, 2.24) is 9.88 Å². The van der Waals surface area contributed by atoms with E-state index in [1.54, 1.807) is 6.20 Å². The fourth-order valence-electron chi connectivity index (χ4n) is 3.13. The highest BCUT2D eigenvalue weighted by molar-refractivity contribution is 6.30. The van der Waals surface area contributed by atoms with Gasteiger partial charge in [-0.15, -0.1) is 0 Å². The highest BCUT2D eigenvalue weighted by Gasteiger charge is 2.26. The summed E-state index contributed by atoms with van der Waals surface area (Å²) in [6.07, 6.45) is 3.59. The summed E-state index contributed by atoms with van der Waals surface area (Å²) in [5, 5.41) is 0.755. The number of pyridine rings is 1. The van der Waals surface area contributed by atoms with Crippen molar-refractivity contribution in [2.75, 3.05) is 25.0 Å². The Hall–Kier alpha value is -2.07. The minimum atomic E-state index is 0.0486. The fraction of sp³-hybridized carbons (Fsp3) is 0.368. The van der Waals surface area contributed by atoms with Gasteiger partial charge in [0.05, 0.1) is 5.56 Å². The van der Waals surface area contributed by atoms with Gasteiger partial charge in [-0.25, -0.2) is 0 Å². The van der Waals surface area contributed by atoms with Crippen LogP contribution in [0.1, 0.15) is 28.9 Å². The number of halogens is 1. The molecule has 1 aromatic heterocycles. The van der Waals surface area contributed by atoms with Gasteiger partial charge in [-0.05, 0) is 56.2 Å². The van der Waals surface area contributed by atoms with Crippen LogP contribution in [-0.2, 0) is 0 Å². The number of carbonyl (C=O) groups excluding carboxylic acids is 1. The molecule has 0 bridgehead atoms. The summed E-state index contributed by atoms with van der Waals surface area (Å²) in [6.45, 7) is 3.80. The molecule has 1 amide bonds. The lowest BCUT2D eigenvalue weighted by Crippen LogP contribution is -2.45. The van der Waals surface area contributed by atoms with Crippen LogP contribution in [-0.4, -0.2) is 42.0 Å². The quantitative estimate of drug-likeness (QED) is 0.850. The van der Waals surface area contributed by atoms with Gasteiger partial charge in [0, 0.05) is 48.8 Å². The van der Waals surface area contributed by atoms with E-state index in [9.17, 15) is 4.79 Å². The first kappa shape index (κ1) is 16.8. The molecule has 5 heteroatoms. The molecule has 126 valence electrons. The summed E-state index contributed by atoms with van der Waals surface area (Å²) >= 11 is 5.95. The first-order valence-electron chi connectivity index (χ1n) is 8.25. The average molecular weight is 344 g/mol. The van der Waals surface area contributed by atoms with Crippen LogP contribution in [0.2, 0.25) is 5.02 Å². The largest absolute Gasteiger partial charge is 0.371 e. The molecule has 3 rings (SSSR count). The van der Waals surface area contributed by atoms with E-state index < -0.39 is 0 Å². The Labute approximate surface area is 148 Å². The highest BCUT2D eigenvalue weighted by Crippen LogP contribution is 2.24. The Bertz CT molecular complexity index is 692. The molecular formula is C19H22ClN3O. The monoisotopic (exact) mass is 343 g/mol. The molecule has 24 heavy (non-hydrogen) atoms. The second-order valence-electron chi connectivity index (χ2n) is 6.30. The zero-order valence-corrected chi connectivity index (χ0v) is 14.8. The van der Waals surface area contributed by atoms with Crippen LogP contribution in [0.4, 0.5) is 5.69 Å². The van der Waals surface area contributed by atoms with E-state index in [1.807, 2.05) is 43.1 Å². The number of amides is 1. The number of piperidine rings is 1. The van der Waals surface area contributed by atoms with Crippen molar-refractivity contribution < 1.29 is 4.79 Å². The Morgan fingerprint density at radius 3 is 2.42 bits per heavy atom. The first-order chi connectivity index (χ1) is 11.5. The van der Waals surface area contributed by atoms with Crippen molar-refractivity contribution in [2.45, 2.75) is 25.8 Å². The zero-order valence-electron chi connectivity index (χ0n) is 14.1. The van der Waals surface area contributed by atoms with Crippen LogP contribution >= 0.6 is 11.6 Å². The van der Waals surface area contributed by atoms with Crippen molar-refractivity contribution in [3.05, 3.63) is 58.9 Å². The van der Waals surface area contributed by atoms with Crippen molar-refractivity contribution in [2.24, 2.45) is 0 Å². The molecule has 1 aromatic carbocycles. The van der Waals surface area contributed by atoms with Crippen LogP contribution < -0.4 is 4.90 Å². The van der Waals surface area contributed by atoms with Gasteiger partial charge in [0.2, 0.25) is 0 Å². The summed E-state index contributed by atoms with van der Waals surface area (Å²) in [6, 6.07) is 11.9. The number of hydrogen-bond acceptors (Lipinski definition) is 3. The predicted octanol–water partition coefficient (Wildman–Crippen LogP) is 3.78. The van der Waals surface area contributed by atoms with E-state index in [1.165, 1.54) is 5.69 Å². The minimum Gasteiger partial charge on any atom is -0.371 e. The number of anilines is 1. The number of hydrogen-bond donors (Lipinski definition) is 0. The van der Waals surface area contributed by atoms with Crippen molar-refractivity contribution in [3.63, 3.8) is 0 Å². The lowest BCUT2D eigenvalue weighted by molar-refractivity contribution is 0.0709. The van der Waals surface area contributed by atoms with E-state index >= 15 is 0 Å². The molecule has 1 aliphatic rings. The van der Waals surface area contributed by atoms with Gasteiger partial charge in [0.1, 0.15) is 0 Å². The van der Waals surface area contributed by atoms with Gasteiger partial charge in [-0.3, -0.25) is 9.78 Å². The molecule has 1 fully saturated rings. The van der Waals surface area contributed by atoms with E-state index in [4.69, 9.17) is 11.6 Å². The smallest absolute Gasteiger partial charge is 0.255 e. The fourth-order valence-corrected chi connectivity index (χ4v) is 3.25. The third-order valence-electron chi connectivity index (χ3n) is 4.68. The van der Waals surface area contributed by atoms with Gasteiger partial charge >= 0.3 is 0 Å². The van der Waals surface area contributed by atoms with E-state index in [2.05, 4.69) is 22.0 Å². The molecular weight excluding hydrogens is 322 g/mol.